The zero-order valence-corrected chi connectivity index (χ0v) is 20.6. The van der Waals surface area contributed by atoms with Crippen molar-refractivity contribution in [3.63, 3.8) is 0 Å². The van der Waals surface area contributed by atoms with Crippen LogP contribution in [0.2, 0.25) is 0 Å². The Balaban J connectivity index is 1.45. The van der Waals surface area contributed by atoms with Gasteiger partial charge in [-0.3, -0.25) is 9.69 Å². The van der Waals surface area contributed by atoms with Crippen molar-refractivity contribution in [2.75, 3.05) is 31.1 Å². The maximum absolute atomic E-state index is 14.0. The lowest BCUT2D eigenvalue weighted by molar-refractivity contribution is -0.142. The lowest BCUT2D eigenvalue weighted by Crippen LogP contribution is -2.51. The van der Waals surface area contributed by atoms with Crippen LogP contribution in [0.4, 0.5) is 22.7 Å². The van der Waals surface area contributed by atoms with Crippen LogP contribution in [0, 0.1) is 12.7 Å². The fourth-order valence-electron chi connectivity index (χ4n) is 4.45. The number of anilines is 1. The molecule has 188 valence electrons. The van der Waals surface area contributed by atoms with Gasteiger partial charge in [0.1, 0.15) is 5.82 Å². The maximum Gasteiger partial charge on any atom is 0.419 e. The number of benzene rings is 2. The first kappa shape index (κ1) is 25.4. The topological polar surface area (TPSA) is 45.7 Å². The molecule has 1 aromatic heterocycles. The summed E-state index contributed by atoms with van der Waals surface area (Å²) in [4.78, 5) is 20.7. The third kappa shape index (κ3) is 5.92. The van der Waals surface area contributed by atoms with E-state index >= 15 is 0 Å². The van der Waals surface area contributed by atoms with E-state index in [0.29, 0.717) is 36.1 Å². The van der Waals surface area contributed by atoms with Gasteiger partial charge < -0.3 is 9.64 Å². The Hall–Kier alpha value is -2.72. The molecule has 0 radical (unpaired) electrons. The molecule has 1 aliphatic rings. The first-order valence-electron chi connectivity index (χ1n) is 11.4. The van der Waals surface area contributed by atoms with Crippen LogP contribution >= 0.6 is 11.3 Å². The summed E-state index contributed by atoms with van der Waals surface area (Å²) < 4.78 is 58.5. The number of ether oxygens (including phenoxy) is 1. The van der Waals surface area contributed by atoms with E-state index in [1.54, 1.807) is 6.92 Å². The minimum Gasteiger partial charge on any atom is -0.466 e. The molecule has 35 heavy (non-hydrogen) atoms. The Morgan fingerprint density at radius 2 is 1.91 bits per heavy atom. The fraction of sp³-hybridized carbons (Fsp3) is 0.440. The standard InChI is InChI=1S/C25H27F4N3O2S/c1-4-34-23(33)10-17-7-15(2)8-18(9-17)14-31-5-6-32(13-16(31)3)24-30-21-12-20(26)19(25(27,28)29)11-22(21)35-24/h7-9,11-12,16H,4-6,10,13-14H2,1-3H3/t16-/m1/s1. The molecular formula is C25H27F4N3O2S. The van der Waals surface area contributed by atoms with Crippen molar-refractivity contribution in [1.82, 2.24) is 9.88 Å². The SMILES string of the molecule is CCOC(=O)Cc1cc(C)cc(CN2CCN(c3nc4cc(F)c(C(F)(F)F)cc4s3)C[C@H]2C)c1. The van der Waals surface area contributed by atoms with E-state index in [0.717, 1.165) is 46.7 Å². The molecule has 5 nitrogen and oxygen atoms in total. The van der Waals surface area contributed by atoms with Crippen LogP contribution < -0.4 is 4.90 Å². The molecule has 4 rings (SSSR count). The molecule has 0 saturated carbocycles. The molecule has 0 amide bonds. The van der Waals surface area contributed by atoms with Gasteiger partial charge in [-0.15, -0.1) is 0 Å². The fourth-order valence-corrected chi connectivity index (χ4v) is 5.47. The molecule has 3 aromatic rings. The number of thiazole rings is 1. The summed E-state index contributed by atoms with van der Waals surface area (Å²) in [6.07, 6.45) is -4.51. The highest BCUT2D eigenvalue weighted by Gasteiger charge is 2.35. The first-order valence-corrected chi connectivity index (χ1v) is 12.3. The predicted octanol–water partition coefficient (Wildman–Crippen LogP) is 5.58. The van der Waals surface area contributed by atoms with Crippen molar-refractivity contribution in [3.8, 4) is 0 Å². The van der Waals surface area contributed by atoms with Gasteiger partial charge in [-0.1, -0.05) is 35.1 Å². The van der Waals surface area contributed by atoms with Crippen LogP contribution in [0.25, 0.3) is 10.2 Å². The molecule has 0 bridgehead atoms. The van der Waals surface area contributed by atoms with E-state index in [1.807, 2.05) is 24.0 Å². The van der Waals surface area contributed by atoms with E-state index < -0.39 is 17.6 Å². The van der Waals surface area contributed by atoms with Gasteiger partial charge in [0.25, 0.3) is 0 Å². The van der Waals surface area contributed by atoms with E-state index in [4.69, 9.17) is 4.74 Å². The molecule has 0 spiro atoms. The molecule has 1 atom stereocenters. The smallest absolute Gasteiger partial charge is 0.419 e. The minimum absolute atomic E-state index is 0.159. The van der Waals surface area contributed by atoms with Crippen LogP contribution in [-0.4, -0.2) is 48.1 Å². The summed E-state index contributed by atoms with van der Waals surface area (Å²) in [6.45, 7) is 8.98. The number of halogens is 4. The highest BCUT2D eigenvalue weighted by atomic mass is 32.1. The minimum atomic E-state index is -4.74. The number of aryl methyl sites for hydroxylation is 1. The van der Waals surface area contributed by atoms with E-state index in [2.05, 4.69) is 22.9 Å². The zero-order chi connectivity index (χ0) is 25.3. The van der Waals surface area contributed by atoms with Gasteiger partial charge in [0.05, 0.1) is 28.8 Å². The molecule has 0 N–H and O–H groups in total. The molecule has 2 aromatic carbocycles. The zero-order valence-electron chi connectivity index (χ0n) is 19.8. The Bertz CT molecular complexity index is 1230. The summed E-state index contributed by atoms with van der Waals surface area (Å²) in [5.74, 6) is -1.55. The number of carbonyl (C=O) groups is 1. The second kappa shape index (κ2) is 10.1. The molecule has 0 unspecified atom stereocenters. The van der Waals surface area contributed by atoms with E-state index in [-0.39, 0.29) is 23.9 Å². The van der Waals surface area contributed by atoms with Crippen molar-refractivity contribution < 1.29 is 27.1 Å². The molecular weight excluding hydrogens is 482 g/mol. The average Bonchev–Trinajstić information content (AvgIpc) is 3.16. The number of carbonyl (C=O) groups excluding carboxylic acids is 1. The van der Waals surface area contributed by atoms with Gasteiger partial charge in [-0.05, 0) is 38.0 Å². The predicted molar refractivity (Wildman–Crippen MR) is 128 cm³/mol. The van der Waals surface area contributed by atoms with Gasteiger partial charge >= 0.3 is 12.1 Å². The van der Waals surface area contributed by atoms with Gasteiger partial charge in [-0.2, -0.15) is 13.2 Å². The second-order valence-corrected chi connectivity index (χ2v) is 9.88. The second-order valence-electron chi connectivity index (χ2n) is 8.87. The molecule has 10 heteroatoms. The Morgan fingerprint density at radius 3 is 2.60 bits per heavy atom. The van der Waals surface area contributed by atoms with Crippen molar-refractivity contribution in [3.05, 3.63) is 58.4 Å². The highest BCUT2D eigenvalue weighted by molar-refractivity contribution is 7.22. The third-order valence-corrected chi connectivity index (χ3v) is 7.12. The highest BCUT2D eigenvalue weighted by Crippen LogP contribution is 2.37. The van der Waals surface area contributed by atoms with Gasteiger partial charge in [-0.25, -0.2) is 9.37 Å². The van der Waals surface area contributed by atoms with Crippen molar-refractivity contribution in [2.45, 2.75) is 46.0 Å². The monoisotopic (exact) mass is 509 g/mol. The first-order chi connectivity index (χ1) is 16.5. The molecule has 0 aliphatic carbocycles. The normalized spacial score (nSPS) is 17.2. The number of aromatic nitrogens is 1. The molecule has 1 aliphatic heterocycles. The Kier molecular flexibility index (Phi) is 7.32. The van der Waals surface area contributed by atoms with Crippen LogP contribution in [-0.2, 0) is 28.7 Å². The average molecular weight is 510 g/mol. The number of hydrogen-bond acceptors (Lipinski definition) is 6. The summed E-state index contributed by atoms with van der Waals surface area (Å²) in [5, 5.41) is 0.595. The van der Waals surface area contributed by atoms with Gasteiger partial charge in [0, 0.05) is 38.3 Å². The van der Waals surface area contributed by atoms with Crippen molar-refractivity contribution in [2.24, 2.45) is 0 Å². The van der Waals surface area contributed by atoms with Crippen LogP contribution in [0.5, 0.6) is 0 Å². The number of esters is 1. The summed E-state index contributed by atoms with van der Waals surface area (Å²) >= 11 is 1.15. The number of piperazine rings is 1. The van der Waals surface area contributed by atoms with Crippen LogP contribution in [0.15, 0.2) is 30.3 Å². The largest absolute Gasteiger partial charge is 0.466 e. The Morgan fingerprint density at radius 1 is 1.17 bits per heavy atom. The Labute approximate surface area is 205 Å². The van der Waals surface area contributed by atoms with Crippen LogP contribution in [0.1, 0.15) is 36.1 Å². The maximum atomic E-state index is 14.0. The van der Waals surface area contributed by atoms with Crippen LogP contribution in [0.3, 0.4) is 0 Å². The van der Waals surface area contributed by atoms with Gasteiger partial charge in [0.15, 0.2) is 5.13 Å². The van der Waals surface area contributed by atoms with E-state index in [9.17, 15) is 22.4 Å². The third-order valence-electron chi connectivity index (χ3n) is 6.04. The molecule has 1 fully saturated rings. The number of hydrogen-bond donors (Lipinski definition) is 0. The summed E-state index contributed by atoms with van der Waals surface area (Å²) in [6, 6.07) is 7.99. The van der Waals surface area contributed by atoms with Gasteiger partial charge in [0.2, 0.25) is 0 Å². The number of rotatable bonds is 6. The number of alkyl halides is 3. The number of fused-ring (bicyclic) bond motifs is 1. The molecule has 2 heterocycles. The lowest BCUT2D eigenvalue weighted by Gasteiger charge is -2.40. The van der Waals surface area contributed by atoms with E-state index in [1.165, 1.54) is 0 Å². The quantitative estimate of drug-likeness (QED) is 0.321. The molecule has 1 saturated heterocycles. The summed E-state index contributed by atoms with van der Waals surface area (Å²) in [5.41, 5.74) is 2.08. The number of nitrogens with zero attached hydrogens (tertiary/aromatic N) is 3. The van der Waals surface area contributed by atoms with Crippen molar-refractivity contribution in [1.29, 1.82) is 0 Å². The lowest BCUT2D eigenvalue weighted by atomic mass is 10.0. The van der Waals surface area contributed by atoms with Crippen molar-refractivity contribution >= 4 is 32.7 Å². The summed E-state index contributed by atoms with van der Waals surface area (Å²) in [7, 11) is 0.